The van der Waals surface area contributed by atoms with Crippen molar-refractivity contribution in [3.05, 3.63) is 131 Å². The van der Waals surface area contributed by atoms with Crippen molar-refractivity contribution in [1.82, 2.24) is 5.32 Å². The monoisotopic (exact) mass is 524 g/mol. The van der Waals surface area contributed by atoms with Gasteiger partial charge in [0.05, 0.1) is 11.1 Å². The van der Waals surface area contributed by atoms with Crippen LogP contribution >= 0.6 is 0 Å². The van der Waals surface area contributed by atoms with Gasteiger partial charge in [-0.15, -0.1) is 0 Å². The summed E-state index contributed by atoms with van der Waals surface area (Å²) in [5.74, 6) is -1.12. The van der Waals surface area contributed by atoms with Crippen LogP contribution < -0.4 is 10.6 Å². The molecule has 0 aliphatic heterocycles. The number of aromatic hydroxyl groups is 1. The second-order valence-electron chi connectivity index (χ2n) is 8.72. The highest BCUT2D eigenvalue weighted by Gasteiger charge is 2.17. The molecule has 8 nitrogen and oxygen atoms in total. The van der Waals surface area contributed by atoms with Gasteiger partial charge in [-0.05, 0) is 53.4 Å². The first-order chi connectivity index (χ1) is 19.0. The molecule has 0 heterocycles. The number of benzene rings is 4. The molecule has 0 aromatic heterocycles. The van der Waals surface area contributed by atoms with Gasteiger partial charge < -0.3 is 25.2 Å². The molecule has 2 amide bonds. The normalized spacial score (nSPS) is 10.4. The molecular formula is C31H28N2O6. The highest BCUT2D eigenvalue weighted by atomic mass is 16.5. The Balaban J connectivity index is 1.44. The summed E-state index contributed by atoms with van der Waals surface area (Å²) in [6.07, 6.45) is 0.552. The first kappa shape index (κ1) is 26.9. The number of rotatable bonds is 10. The van der Waals surface area contributed by atoms with Crippen LogP contribution in [0.15, 0.2) is 103 Å². The van der Waals surface area contributed by atoms with Gasteiger partial charge in [0.15, 0.2) is 0 Å². The van der Waals surface area contributed by atoms with E-state index in [2.05, 4.69) is 10.6 Å². The number of hydrogen-bond donors (Lipinski definition) is 3. The zero-order valence-electron chi connectivity index (χ0n) is 21.1. The van der Waals surface area contributed by atoms with Crippen LogP contribution in [0.5, 0.6) is 5.75 Å². The lowest BCUT2D eigenvalue weighted by molar-refractivity contribution is 0.0470. The number of anilines is 1. The number of urea groups is 1. The van der Waals surface area contributed by atoms with Gasteiger partial charge in [0.1, 0.15) is 19.0 Å². The predicted molar refractivity (Wildman–Crippen MR) is 146 cm³/mol. The van der Waals surface area contributed by atoms with E-state index in [9.17, 15) is 19.5 Å². The Morgan fingerprint density at radius 1 is 0.641 bits per heavy atom. The quantitative estimate of drug-likeness (QED) is 0.237. The van der Waals surface area contributed by atoms with Crippen LogP contribution in [0, 0.1) is 0 Å². The van der Waals surface area contributed by atoms with Gasteiger partial charge in [-0.3, -0.25) is 0 Å². The molecule has 8 heteroatoms. The summed E-state index contributed by atoms with van der Waals surface area (Å²) in [5.41, 5.74) is 3.00. The molecule has 0 saturated heterocycles. The SMILES string of the molecule is O=C(NCCc1ccc(O)cc1)Nc1cc(C(=O)OCc2ccccc2)cc(C(=O)OCc2ccccc2)c1. The topological polar surface area (TPSA) is 114 Å². The van der Waals surface area contributed by atoms with E-state index in [4.69, 9.17) is 9.47 Å². The van der Waals surface area contributed by atoms with E-state index in [0.29, 0.717) is 13.0 Å². The summed E-state index contributed by atoms with van der Waals surface area (Å²) >= 11 is 0. The smallest absolute Gasteiger partial charge is 0.338 e. The van der Waals surface area contributed by atoms with Crippen LogP contribution in [-0.4, -0.2) is 29.6 Å². The predicted octanol–water partition coefficient (Wildman–Crippen LogP) is 5.47. The molecule has 0 fully saturated rings. The maximum absolute atomic E-state index is 12.8. The van der Waals surface area contributed by atoms with Crippen molar-refractivity contribution in [2.45, 2.75) is 19.6 Å². The Morgan fingerprint density at radius 2 is 1.15 bits per heavy atom. The number of nitrogens with one attached hydrogen (secondary N) is 2. The van der Waals surface area contributed by atoms with Crippen LogP contribution in [0.25, 0.3) is 0 Å². The summed E-state index contributed by atoms with van der Waals surface area (Å²) in [7, 11) is 0. The second kappa shape index (κ2) is 13.4. The highest BCUT2D eigenvalue weighted by Crippen LogP contribution is 2.19. The minimum absolute atomic E-state index is 0.0584. The molecule has 0 bridgehead atoms. The van der Waals surface area contributed by atoms with Crippen molar-refractivity contribution in [2.24, 2.45) is 0 Å². The van der Waals surface area contributed by atoms with Gasteiger partial charge in [-0.1, -0.05) is 72.8 Å². The molecule has 0 unspecified atom stereocenters. The molecule has 0 aliphatic carbocycles. The molecule has 4 rings (SSSR count). The Labute approximate surface area is 226 Å². The van der Waals surface area contributed by atoms with Gasteiger partial charge in [0.25, 0.3) is 0 Å². The lowest BCUT2D eigenvalue weighted by Gasteiger charge is -2.12. The fourth-order valence-electron chi connectivity index (χ4n) is 3.71. The number of esters is 2. The maximum atomic E-state index is 12.8. The molecule has 198 valence electrons. The van der Waals surface area contributed by atoms with Crippen LogP contribution in [0.3, 0.4) is 0 Å². The van der Waals surface area contributed by atoms with Crippen molar-refractivity contribution in [3.8, 4) is 5.75 Å². The molecule has 0 aliphatic rings. The number of hydrogen-bond acceptors (Lipinski definition) is 6. The fraction of sp³-hybridized carbons (Fsp3) is 0.129. The lowest BCUT2D eigenvalue weighted by atomic mass is 10.1. The molecular weight excluding hydrogens is 496 g/mol. The standard InChI is InChI=1S/C31H28N2O6/c34-28-13-11-22(12-14-28)15-16-32-31(37)33-27-18-25(29(35)38-20-23-7-3-1-4-8-23)17-26(19-27)30(36)39-21-24-9-5-2-6-10-24/h1-14,17-19,34H,15-16,20-21H2,(H2,32,33,37). The fourth-order valence-corrected chi connectivity index (χ4v) is 3.71. The van der Waals surface area contributed by atoms with E-state index in [0.717, 1.165) is 16.7 Å². The number of carbonyl (C=O) groups excluding carboxylic acids is 3. The summed E-state index contributed by atoms with van der Waals surface area (Å²) in [6.45, 7) is 0.452. The zero-order valence-corrected chi connectivity index (χ0v) is 21.1. The summed E-state index contributed by atoms with van der Waals surface area (Å²) in [4.78, 5) is 38.2. The second-order valence-corrected chi connectivity index (χ2v) is 8.72. The van der Waals surface area contributed by atoms with Crippen LogP contribution in [0.1, 0.15) is 37.4 Å². The number of carbonyl (C=O) groups is 3. The average molecular weight is 525 g/mol. The van der Waals surface area contributed by atoms with E-state index in [1.807, 2.05) is 60.7 Å². The molecule has 4 aromatic carbocycles. The largest absolute Gasteiger partial charge is 0.508 e. The molecule has 0 atom stereocenters. The first-order valence-electron chi connectivity index (χ1n) is 12.4. The Kier molecular flexibility index (Phi) is 9.28. The minimum Gasteiger partial charge on any atom is -0.508 e. The van der Waals surface area contributed by atoms with Crippen LogP contribution in [0.2, 0.25) is 0 Å². The van der Waals surface area contributed by atoms with Crippen molar-refractivity contribution in [3.63, 3.8) is 0 Å². The summed E-state index contributed by atoms with van der Waals surface area (Å²) in [5, 5.41) is 14.8. The van der Waals surface area contributed by atoms with Crippen molar-refractivity contribution < 1.29 is 29.0 Å². The van der Waals surface area contributed by atoms with Crippen molar-refractivity contribution in [1.29, 1.82) is 0 Å². The van der Waals surface area contributed by atoms with Crippen LogP contribution in [-0.2, 0) is 29.1 Å². The number of phenols is 1. The zero-order chi connectivity index (χ0) is 27.5. The molecule has 0 spiro atoms. The van der Waals surface area contributed by atoms with Crippen LogP contribution in [0.4, 0.5) is 10.5 Å². The average Bonchev–Trinajstić information content (AvgIpc) is 2.96. The third kappa shape index (κ3) is 8.46. The van der Waals surface area contributed by atoms with E-state index < -0.39 is 18.0 Å². The Hall–Kier alpha value is -5.11. The van der Waals surface area contributed by atoms with Crippen molar-refractivity contribution in [2.75, 3.05) is 11.9 Å². The van der Waals surface area contributed by atoms with Gasteiger partial charge in [0.2, 0.25) is 0 Å². The van der Waals surface area contributed by atoms with E-state index in [1.54, 1.807) is 24.3 Å². The maximum Gasteiger partial charge on any atom is 0.338 e. The van der Waals surface area contributed by atoms with Gasteiger partial charge in [0, 0.05) is 12.2 Å². The van der Waals surface area contributed by atoms with E-state index in [-0.39, 0.29) is 35.8 Å². The van der Waals surface area contributed by atoms with Gasteiger partial charge >= 0.3 is 18.0 Å². The molecule has 0 radical (unpaired) electrons. The summed E-state index contributed by atoms with van der Waals surface area (Å²) < 4.78 is 10.8. The minimum atomic E-state index is -0.646. The third-order valence-electron chi connectivity index (χ3n) is 5.72. The van der Waals surface area contributed by atoms with Gasteiger partial charge in [-0.2, -0.15) is 0 Å². The van der Waals surface area contributed by atoms with E-state index in [1.165, 1.54) is 18.2 Å². The third-order valence-corrected chi connectivity index (χ3v) is 5.72. The van der Waals surface area contributed by atoms with Gasteiger partial charge in [-0.25, -0.2) is 14.4 Å². The number of amides is 2. The van der Waals surface area contributed by atoms with E-state index >= 15 is 0 Å². The lowest BCUT2D eigenvalue weighted by Crippen LogP contribution is -2.30. The molecule has 4 aromatic rings. The molecule has 0 saturated carbocycles. The first-order valence-corrected chi connectivity index (χ1v) is 12.4. The molecule has 3 N–H and O–H groups in total. The summed E-state index contributed by atoms with van der Waals surface area (Å²) in [6, 6.07) is 28.9. The number of phenolic OH excluding ortho intramolecular Hbond substituents is 1. The number of ether oxygens (including phenoxy) is 2. The molecule has 39 heavy (non-hydrogen) atoms. The Morgan fingerprint density at radius 3 is 1.67 bits per heavy atom. The Bertz CT molecular complexity index is 1330. The van der Waals surface area contributed by atoms with Crippen molar-refractivity contribution >= 4 is 23.7 Å². The highest BCUT2D eigenvalue weighted by molar-refractivity contribution is 5.99.